The van der Waals surface area contributed by atoms with E-state index in [1.54, 1.807) is 0 Å². The van der Waals surface area contributed by atoms with Crippen molar-refractivity contribution in [1.82, 2.24) is 10.2 Å². The number of carbonyl (C=O) groups excluding carboxylic acids is 1. The first-order chi connectivity index (χ1) is 7.59. The SMILES string of the molecule is CC(CNC(=O)C(F)F)CN1CCCCC1. The van der Waals surface area contributed by atoms with Crippen molar-refractivity contribution in [1.29, 1.82) is 0 Å². The normalized spacial score (nSPS) is 19.8. The zero-order valence-electron chi connectivity index (χ0n) is 9.72. The highest BCUT2D eigenvalue weighted by Crippen LogP contribution is 2.10. The summed E-state index contributed by atoms with van der Waals surface area (Å²) in [7, 11) is 0. The van der Waals surface area contributed by atoms with Gasteiger partial charge in [0.2, 0.25) is 0 Å². The topological polar surface area (TPSA) is 32.3 Å². The summed E-state index contributed by atoms with van der Waals surface area (Å²) < 4.78 is 23.8. The maximum absolute atomic E-state index is 11.9. The molecule has 0 bridgehead atoms. The lowest BCUT2D eigenvalue weighted by Gasteiger charge is -2.29. The van der Waals surface area contributed by atoms with Crippen molar-refractivity contribution >= 4 is 5.91 Å². The highest BCUT2D eigenvalue weighted by Gasteiger charge is 2.17. The molecule has 1 amide bonds. The molecule has 1 rings (SSSR count). The number of nitrogens with one attached hydrogen (secondary N) is 1. The van der Waals surface area contributed by atoms with E-state index < -0.39 is 12.3 Å². The number of hydrogen-bond donors (Lipinski definition) is 1. The Morgan fingerprint density at radius 2 is 1.94 bits per heavy atom. The number of piperidine rings is 1. The van der Waals surface area contributed by atoms with Gasteiger partial charge in [0.1, 0.15) is 0 Å². The molecule has 5 heteroatoms. The van der Waals surface area contributed by atoms with Gasteiger partial charge in [0.05, 0.1) is 0 Å². The maximum Gasteiger partial charge on any atom is 0.315 e. The Bertz CT molecular complexity index is 218. The van der Waals surface area contributed by atoms with Crippen LogP contribution >= 0.6 is 0 Å². The van der Waals surface area contributed by atoms with Crippen LogP contribution in [-0.4, -0.2) is 43.4 Å². The molecule has 1 N–H and O–H groups in total. The van der Waals surface area contributed by atoms with Crippen LogP contribution in [0.4, 0.5) is 8.78 Å². The quantitative estimate of drug-likeness (QED) is 0.781. The third-order valence-corrected chi connectivity index (χ3v) is 2.84. The maximum atomic E-state index is 11.9. The average Bonchev–Trinajstić information content (AvgIpc) is 2.27. The van der Waals surface area contributed by atoms with Crippen LogP contribution in [0.15, 0.2) is 0 Å². The lowest BCUT2D eigenvalue weighted by Crippen LogP contribution is -2.39. The van der Waals surface area contributed by atoms with E-state index in [4.69, 9.17) is 0 Å². The molecule has 1 atom stereocenters. The van der Waals surface area contributed by atoms with E-state index in [1.165, 1.54) is 19.3 Å². The van der Waals surface area contributed by atoms with Crippen molar-refractivity contribution in [2.24, 2.45) is 5.92 Å². The Morgan fingerprint density at radius 1 is 1.31 bits per heavy atom. The predicted octanol–water partition coefficient (Wildman–Crippen LogP) is 1.49. The first kappa shape index (κ1) is 13.4. The number of amides is 1. The second kappa shape index (κ2) is 6.78. The number of likely N-dealkylation sites (tertiary alicyclic amines) is 1. The standard InChI is InChI=1S/C11H20F2N2O/c1-9(7-14-11(16)10(12)13)8-15-5-3-2-4-6-15/h9-10H,2-8H2,1H3,(H,14,16). The summed E-state index contributed by atoms with van der Waals surface area (Å²) >= 11 is 0. The smallest absolute Gasteiger partial charge is 0.315 e. The number of nitrogens with zero attached hydrogens (tertiary/aromatic N) is 1. The zero-order valence-corrected chi connectivity index (χ0v) is 9.72. The number of halogens is 2. The molecule has 1 fully saturated rings. The highest BCUT2D eigenvalue weighted by molar-refractivity contribution is 5.78. The minimum absolute atomic E-state index is 0.223. The molecule has 3 nitrogen and oxygen atoms in total. The molecule has 94 valence electrons. The van der Waals surface area contributed by atoms with Crippen molar-refractivity contribution in [3.63, 3.8) is 0 Å². The number of rotatable bonds is 5. The van der Waals surface area contributed by atoms with Gasteiger partial charge >= 0.3 is 6.43 Å². The lowest BCUT2D eigenvalue weighted by atomic mass is 10.1. The molecule has 0 aliphatic carbocycles. The molecule has 0 saturated carbocycles. The van der Waals surface area contributed by atoms with E-state index in [-0.39, 0.29) is 5.92 Å². The summed E-state index contributed by atoms with van der Waals surface area (Å²) in [5.41, 5.74) is 0. The van der Waals surface area contributed by atoms with Crippen LogP contribution in [0.3, 0.4) is 0 Å². The fourth-order valence-corrected chi connectivity index (χ4v) is 2.00. The number of hydrogen-bond acceptors (Lipinski definition) is 2. The van der Waals surface area contributed by atoms with E-state index >= 15 is 0 Å². The summed E-state index contributed by atoms with van der Waals surface area (Å²) in [5.74, 6) is -0.939. The molecule has 1 heterocycles. The number of alkyl halides is 2. The van der Waals surface area contributed by atoms with Crippen LogP contribution in [0.2, 0.25) is 0 Å². The van der Waals surface area contributed by atoms with Gasteiger partial charge in [-0.2, -0.15) is 8.78 Å². The highest BCUT2D eigenvalue weighted by atomic mass is 19.3. The fraction of sp³-hybridized carbons (Fsp3) is 0.909. The minimum Gasteiger partial charge on any atom is -0.351 e. The third-order valence-electron chi connectivity index (χ3n) is 2.84. The van der Waals surface area contributed by atoms with Gasteiger partial charge in [0, 0.05) is 13.1 Å². The van der Waals surface area contributed by atoms with Gasteiger partial charge in [-0.25, -0.2) is 0 Å². The molecule has 1 unspecified atom stereocenters. The minimum atomic E-state index is -2.90. The largest absolute Gasteiger partial charge is 0.351 e. The van der Waals surface area contributed by atoms with E-state index in [0.717, 1.165) is 19.6 Å². The van der Waals surface area contributed by atoms with E-state index in [0.29, 0.717) is 6.54 Å². The van der Waals surface area contributed by atoms with Gasteiger partial charge in [0.15, 0.2) is 0 Å². The lowest BCUT2D eigenvalue weighted by molar-refractivity contribution is -0.131. The first-order valence-electron chi connectivity index (χ1n) is 5.88. The second-order valence-corrected chi connectivity index (χ2v) is 4.51. The Hall–Kier alpha value is -0.710. The van der Waals surface area contributed by atoms with Gasteiger partial charge < -0.3 is 10.2 Å². The Balaban J connectivity index is 2.14. The molecule has 0 aromatic heterocycles. The number of carbonyl (C=O) groups is 1. The van der Waals surface area contributed by atoms with Crippen molar-refractivity contribution in [3.05, 3.63) is 0 Å². The van der Waals surface area contributed by atoms with E-state index in [9.17, 15) is 13.6 Å². The molecule has 0 spiro atoms. The van der Waals surface area contributed by atoms with Gasteiger partial charge in [-0.3, -0.25) is 4.79 Å². The van der Waals surface area contributed by atoms with Crippen molar-refractivity contribution in [2.45, 2.75) is 32.6 Å². The Labute approximate surface area is 95.2 Å². The zero-order chi connectivity index (χ0) is 12.0. The van der Waals surface area contributed by atoms with Crippen molar-refractivity contribution < 1.29 is 13.6 Å². The molecular formula is C11H20F2N2O. The van der Waals surface area contributed by atoms with Crippen molar-refractivity contribution in [2.75, 3.05) is 26.2 Å². The molecule has 0 aromatic rings. The Morgan fingerprint density at radius 3 is 2.50 bits per heavy atom. The predicted molar refractivity (Wildman–Crippen MR) is 58.5 cm³/mol. The summed E-state index contributed by atoms with van der Waals surface area (Å²) in [4.78, 5) is 13.0. The van der Waals surface area contributed by atoms with Crippen LogP contribution in [-0.2, 0) is 4.79 Å². The van der Waals surface area contributed by atoms with E-state index in [1.807, 2.05) is 6.92 Å². The van der Waals surface area contributed by atoms with Crippen LogP contribution in [0.5, 0.6) is 0 Å². The fourth-order valence-electron chi connectivity index (χ4n) is 2.00. The van der Waals surface area contributed by atoms with Crippen LogP contribution in [0.25, 0.3) is 0 Å². The molecule has 1 saturated heterocycles. The molecule has 16 heavy (non-hydrogen) atoms. The molecule has 1 aliphatic rings. The van der Waals surface area contributed by atoms with Gasteiger partial charge in [-0.1, -0.05) is 13.3 Å². The molecular weight excluding hydrogens is 214 g/mol. The van der Waals surface area contributed by atoms with Crippen molar-refractivity contribution in [3.8, 4) is 0 Å². The molecule has 0 aromatic carbocycles. The van der Waals surface area contributed by atoms with Crippen LogP contribution in [0.1, 0.15) is 26.2 Å². The van der Waals surface area contributed by atoms with Gasteiger partial charge in [0.25, 0.3) is 5.91 Å². The summed E-state index contributed by atoms with van der Waals surface area (Å²) in [6.07, 6.45) is 0.821. The molecule has 0 radical (unpaired) electrons. The Kier molecular flexibility index (Phi) is 5.66. The van der Waals surface area contributed by atoms with Crippen LogP contribution in [0, 0.1) is 5.92 Å². The molecule has 1 aliphatic heterocycles. The van der Waals surface area contributed by atoms with Crippen LogP contribution < -0.4 is 5.32 Å². The first-order valence-corrected chi connectivity index (χ1v) is 5.88. The monoisotopic (exact) mass is 234 g/mol. The van der Waals surface area contributed by atoms with Gasteiger partial charge in [-0.05, 0) is 31.8 Å². The summed E-state index contributed by atoms with van der Waals surface area (Å²) in [6, 6.07) is 0. The average molecular weight is 234 g/mol. The third kappa shape index (κ3) is 4.88. The summed E-state index contributed by atoms with van der Waals surface area (Å²) in [5, 5.41) is 2.26. The van der Waals surface area contributed by atoms with Gasteiger partial charge in [-0.15, -0.1) is 0 Å². The summed E-state index contributed by atoms with van der Waals surface area (Å²) in [6.45, 7) is 5.36. The second-order valence-electron chi connectivity index (χ2n) is 4.51. The van der Waals surface area contributed by atoms with E-state index in [2.05, 4.69) is 10.2 Å².